The molecule has 98 valence electrons. The van der Waals surface area contributed by atoms with Gasteiger partial charge in [0.15, 0.2) is 5.13 Å². The number of hydrogen-bond donors (Lipinski definition) is 2. The zero-order chi connectivity index (χ0) is 13.1. The fourth-order valence-electron chi connectivity index (χ4n) is 2.15. The summed E-state index contributed by atoms with van der Waals surface area (Å²) in [6, 6.07) is -0.277. The number of likely N-dealkylation sites (tertiary alicyclic amines) is 1. The van der Waals surface area contributed by atoms with Crippen LogP contribution >= 0.6 is 11.3 Å². The average Bonchev–Trinajstić information content (AvgIpc) is 2.81. The molecule has 0 radical (unpaired) electrons. The first-order valence-corrected chi connectivity index (χ1v) is 6.66. The first-order valence-electron chi connectivity index (χ1n) is 5.78. The Bertz CT molecular complexity index is 435. The molecule has 7 heteroatoms. The number of urea groups is 1. The molecule has 1 fully saturated rings. The molecule has 0 aliphatic carbocycles. The molecular formula is C11H15N3O3S. The van der Waals surface area contributed by atoms with Gasteiger partial charge in [-0.1, -0.05) is 0 Å². The topological polar surface area (TPSA) is 82.5 Å². The van der Waals surface area contributed by atoms with Crippen LogP contribution in [0.25, 0.3) is 0 Å². The van der Waals surface area contributed by atoms with Crippen LogP contribution in [-0.2, 0) is 4.79 Å². The minimum Gasteiger partial charge on any atom is -0.481 e. The lowest BCUT2D eigenvalue weighted by Gasteiger charge is -2.35. The molecule has 1 saturated heterocycles. The summed E-state index contributed by atoms with van der Waals surface area (Å²) in [5.41, 5.74) is 0. The lowest BCUT2D eigenvalue weighted by Crippen LogP contribution is -2.47. The summed E-state index contributed by atoms with van der Waals surface area (Å²) in [5, 5.41) is 14.0. The molecule has 2 heterocycles. The lowest BCUT2D eigenvalue weighted by atomic mass is 9.92. The number of amides is 2. The highest BCUT2D eigenvalue weighted by atomic mass is 32.1. The van der Waals surface area contributed by atoms with Crippen molar-refractivity contribution in [2.45, 2.75) is 25.8 Å². The quantitative estimate of drug-likeness (QED) is 0.858. The zero-order valence-corrected chi connectivity index (χ0v) is 10.8. The second-order valence-corrected chi connectivity index (χ2v) is 5.26. The van der Waals surface area contributed by atoms with Crippen molar-refractivity contribution in [3.63, 3.8) is 0 Å². The van der Waals surface area contributed by atoms with E-state index in [0.29, 0.717) is 24.5 Å². The van der Waals surface area contributed by atoms with Crippen LogP contribution < -0.4 is 5.32 Å². The number of thiazole rings is 1. The van der Waals surface area contributed by atoms with Crippen LogP contribution in [-0.4, -0.2) is 39.6 Å². The number of aliphatic carboxylic acids is 1. The van der Waals surface area contributed by atoms with E-state index >= 15 is 0 Å². The molecule has 2 unspecified atom stereocenters. The Morgan fingerprint density at radius 1 is 1.61 bits per heavy atom. The number of carbonyl (C=O) groups excluding carboxylic acids is 1. The van der Waals surface area contributed by atoms with Crippen molar-refractivity contribution in [3.8, 4) is 0 Å². The predicted molar refractivity (Wildman–Crippen MR) is 67.7 cm³/mol. The normalized spacial score (nSPS) is 23.7. The van der Waals surface area contributed by atoms with E-state index < -0.39 is 5.97 Å². The summed E-state index contributed by atoms with van der Waals surface area (Å²) >= 11 is 1.36. The number of nitrogens with zero attached hydrogens (tertiary/aromatic N) is 2. The van der Waals surface area contributed by atoms with Gasteiger partial charge in [0, 0.05) is 24.2 Å². The minimum absolute atomic E-state index is 0.0696. The van der Waals surface area contributed by atoms with Crippen LogP contribution in [0.2, 0.25) is 0 Å². The molecule has 1 aliphatic heterocycles. The molecule has 6 nitrogen and oxygen atoms in total. The maximum Gasteiger partial charge on any atom is 0.323 e. The van der Waals surface area contributed by atoms with Crippen LogP contribution in [0.3, 0.4) is 0 Å². The molecule has 0 saturated carbocycles. The van der Waals surface area contributed by atoms with Crippen LogP contribution in [0, 0.1) is 5.92 Å². The van der Waals surface area contributed by atoms with Crippen molar-refractivity contribution in [1.82, 2.24) is 9.88 Å². The number of rotatable bonds is 2. The highest BCUT2D eigenvalue weighted by Crippen LogP contribution is 2.24. The lowest BCUT2D eigenvalue weighted by molar-refractivity contribution is -0.143. The molecule has 0 spiro atoms. The Hall–Kier alpha value is -1.63. The van der Waals surface area contributed by atoms with Crippen molar-refractivity contribution < 1.29 is 14.7 Å². The van der Waals surface area contributed by atoms with Crippen LogP contribution in [0.1, 0.15) is 19.8 Å². The van der Waals surface area contributed by atoms with Gasteiger partial charge in [0.05, 0.1) is 5.92 Å². The Kier molecular flexibility index (Phi) is 3.81. The molecule has 0 bridgehead atoms. The molecule has 18 heavy (non-hydrogen) atoms. The van der Waals surface area contributed by atoms with E-state index in [-0.39, 0.29) is 18.0 Å². The molecule has 2 rings (SSSR count). The molecule has 2 atom stereocenters. The largest absolute Gasteiger partial charge is 0.481 e. The number of nitrogens with one attached hydrogen (secondary N) is 1. The SMILES string of the molecule is CC1CC(C(=O)O)CCN1C(=O)Nc1nccs1. The van der Waals surface area contributed by atoms with Crippen LogP contribution in [0.15, 0.2) is 11.6 Å². The van der Waals surface area contributed by atoms with E-state index in [9.17, 15) is 9.59 Å². The molecular weight excluding hydrogens is 254 g/mol. The summed E-state index contributed by atoms with van der Waals surface area (Å²) in [7, 11) is 0. The monoisotopic (exact) mass is 269 g/mol. The molecule has 2 N–H and O–H groups in total. The highest BCUT2D eigenvalue weighted by molar-refractivity contribution is 7.13. The van der Waals surface area contributed by atoms with E-state index in [0.717, 1.165) is 0 Å². The third-order valence-electron chi connectivity index (χ3n) is 3.13. The number of anilines is 1. The molecule has 0 aromatic carbocycles. The van der Waals surface area contributed by atoms with E-state index in [2.05, 4.69) is 10.3 Å². The Balaban J connectivity index is 1.94. The van der Waals surface area contributed by atoms with Gasteiger partial charge < -0.3 is 10.0 Å². The third kappa shape index (κ3) is 2.79. The first kappa shape index (κ1) is 12.8. The summed E-state index contributed by atoms with van der Waals surface area (Å²) in [4.78, 5) is 28.5. The van der Waals surface area contributed by atoms with E-state index in [1.54, 1.807) is 16.5 Å². The number of hydrogen-bond acceptors (Lipinski definition) is 4. The zero-order valence-electron chi connectivity index (χ0n) is 10.00. The van der Waals surface area contributed by atoms with Gasteiger partial charge in [0.25, 0.3) is 0 Å². The maximum atomic E-state index is 12.0. The van der Waals surface area contributed by atoms with Crippen molar-refractivity contribution in [3.05, 3.63) is 11.6 Å². The Labute approximate surface area is 109 Å². The number of aromatic nitrogens is 1. The smallest absolute Gasteiger partial charge is 0.323 e. The van der Waals surface area contributed by atoms with Gasteiger partial charge in [0.2, 0.25) is 0 Å². The van der Waals surface area contributed by atoms with Gasteiger partial charge >= 0.3 is 12.0 Å². The molecule has 1 aromatic heterocycles. The molecule has 2 amide bonds. The molecule has 1 aromatic rings. The third-order valence-corrected chi connectivity index (χ3v) is 3.82. The summed E-state index contributed by atoms with van der Waals surface area (Å²) < 4.78 is 0. The van der Waals surface area contributed by atoms with Crippen molar-refractivity contribution in [2.24, 2.45) is 5.92 Å². The number of piperidine rings is 1. The van der Waals surface area contributed by atoms with Gasteiger partial charge in [-0.05, 0) is 19.8 Å². The second kappa shape index (κ2) is 5.34. The van der Waals surface area contributed by atoms with Gasteiger partial charge in [-0.15, -0.1) is 11.3 Å². The van der Waals surface area contributed by atoms with Crippen molar-refractivity contribution in [1.29, 1.82) is 0 Å². The summed E-state index contributed by atoms with van der Waals surface area (Å²) in [6.07, 6.45) is 2.63. The average molecular weight is 269 g/mol. The summed E-state index contributed by atoms with van der Waals surface area (Å²) in [5.74, 6) is -1.12. The number of carboxylic acid groups (broad SMARTS) is 1. The number of carboxylic acids is 1. The van der Waals surface area contributed by atoms with Crippen molar-refractivity contribution >= 4 is 28.5 Å². The van der Waals surface area contributed by atoms with Gasteiger partial charge in [-0.3, -0.25) is 10.1 Å². The highest BCUT2D eigenvalue weighted by Gasteiger charge is 2.32. The van der Waals surface area contributed by atoms with Crippen LogP contribution in [0.5, 0.6) is 0 Å². The van der Waals surface area contributed by atoms with Gasteiger partial charge in [-0.2, -0.15) is 0 Å². The maximum absolute atomic E-state index is 12.0. The van der Waals surface area contributed by atoms with Gasteiger partial charge in [-0.25, -0.2) is 9.78 Å². The Morgan fingerprint density at radius 3 is 2.94 bits per heavy atom. The second-order valence-electron chi connectivity index (χ2n) is 4.37. The molecule has 1 aliphatic rings. The fourth-order valence-corrected chi connectivity index (χ4v) is 2.67. The van der Waals surface area contributed by atoms with E-state index in [4.69, 9.17) is 5.11 Å². The standard InChI is InChI=1S/C11H15N3O3S/c1-7-6-8(9(15)16)2-4-14(7)11(17)13-10-12-3-5-18-10/h3,5,7-8H,2,4,6H2,1H3,(H,15,16)(H,12,13,17). The van der Waals surface area contributed by atoms with E-state index in [1.165, 1.54) is 11.3 Å². The minimum atomic E-state index is -0.776. The predicted octanol–water partition coefficient (Wildman–Crippen LogP) is 1.86. The fraction of sp³-hybridized carbons (Fsp3) is 0.545. The van der Waals surface area contributed by atoms with Crippen molar-refractivity contribution in [2.75, 3.05) is 11.9 Å². The number of carbonyl (C=O) groups is 2. The van der Waals surface area contributed by atoms with Crippen LogP contribution in [0.4, 0.5) is 9.93 Å². The summed E-state index contributed by atoms with van der Waals surface area (Å²) in [6.45, 7) is 2.34. The van der Waals surface area contributed by atoms with E-state index in [1.807, 2.05) is 6.92 Å². The Morgan fingerprint density at radius 2 is 2.39 bits per heavy atom. The first-order chi connectivity index (χ1) is 8.58. The van der Waals surface area contributed by atoms with Gasteiger partial charge in [0.1, 0.15) is 0 Å².